The van der Waals surface area contributed by atoms with Crippen molar-refractivity contribution in [3.8, 4) is 0 Å². The molecule has 5 heteroatoms. The Bertz CT molecular complexity index is 441. The van der Waals surface area contributed by atoms with E-state index in [0.717, 1.165) is 25.7 Å². The van der Waals surface area contributed by atoms with Gasteiger partial charge in [-0.25, -0.2) is 0 Å². The molecule has 0 bridgehead atoms. The van der Waals surface area contributed by atoms with Gasteiger partial charge in [-0.1, -0.05) is 0 Å². The van der Waals surface area contributed by atoms with Crippen LogP contribution in [0.3, 0.4) is 0 Å². The Kier molecular flexibility index (Phi) is 4.15. The highest BCUT2D eigenvalue weighted by atomic mass is 16.2. The second-order valence-electron chi connectivity index (χ2n) is 4.75. The Balaban J connectivity index is 1.88. The van der Waals surface area contributed by atoms with E-state index >= 15 is 0 Å². The molecule has 1 amide bonds. The van der Waals surface area contributed by atoms with E-state index < -0.39 is 0 Å². The van der Waals surface area contributed by atoms with Gasteiger partial charge in [0.25, 0.3) is 5.91 Å². The van der Waals surface area contributed by atoms with Gasteiger partial charge in [0.2, 0.25) is 5.56 Å². The summed E-state index contributed by atoms with van der Waals surface area (Å²) in [6, 6.07) is 3.74. The number of amides is 1. The van der Waals surface area contributed by atoms with Crippen LogP contribution in [-0.4, -0.2) is 30.0 Å². The van der Waals surface area contributed by atoms with E-state index in [-0.39, 0.29) is 17.5 Å². The van der Waals surface area contributed by atoms with Crippen molar-refractivity contribution in [3.05, 3.63) is 34.2 Å². The van der Waals surface area contributed by atoms with E-state index in [9.17, 15) is 9.59 Å². The fraction of sp³-hybridized carbons (Fsp3) is 0.538. The molecule has 1 fully saturated rings. The summed E-state index contributed by atoms with van der Waals surface area (Å²) in [5.74, 6) is -0.112. The molecule has 0 radical (unpaired) electrons. The molecule has 1 aliphatic carbocycles. The Morgan fingerprint density at radius 3 is 2.44 bits per heavy atom. The first kappa shape index (κ1) is 12.8. The molecule has 0 atom stereocenters. The fourth-order valence-corrected chi connectivity index (χ4v) is 2.35. The Labute approximate surface area is 106 Å². The first-order valence-corrected chi connectivity index (χ1v) is 6.36. The number of nitrogens with one attached hydrogen (secondary N) is 3. The van der Waals surface area contributed by atoms with Crippen LogP contribution in [0.25, 0.3) is 0 Å². The van der Waals surface area contributed by atoms with Crippen LogP contribution >= 0.6 is 0 Å². The topological polar surface area (TPSA) is 74.0 Å². The summed E-state index contributed by atoms with van der Waals surface area (Å²) < 4.78 is 0. The van der Waals surface area contributed by atoms with E-state index in [2.05, 4.69) is 15.6 Å². The molecule has 2 rings (SSSR count). The first-order chi connectivity index (χ1) is 8.69. The third-order valence-corrected chi connectivity index (χ3v) is 3.52. The SMILES string of the molecule is CNC1CCC(NC(=O)c2ccc(=O)[nH]c2)CC1. The smallest absolute Gasteiger partial charge is 0.252 e. The quantitative estimate of drug-likeness (QED) is 0.736. The first-order valence-electron chi connectivity index (χ1n) is 6.36. The number of pyridine rings is 1. The van der Waals surface area contributed by atoms with Crippen molar-refractivity contribution < 1.29 is 4.79 Å². The minimum Gasteiger partial charge on any atom is -0.349 e. The van der Waals surface area contributed by atoms with Gasteiger partial charge in [-0.3, -0.25) is 9.59 Å². The van der Waals surface area contributed by atoms with Crippen LogP contribution in [0.2, 0.25) is 0 Å². The second-order valence-corrected chi connectivity index (χ2v) is 4.75. The molecule has 0 aliphatic heterocycles. The van der Waals surface area contributed by atoms with Gasteiger partial charge in [-0.05, 0) is 38.8 Å². The summed E-state index contributed by atoms with van der Waals surface area (Å²) in [5.41, 5.74) is 0.311. The number of hydrogen-bond acceptors (Lipinski definition) is 3. The van der Waals surface area contributed by atoms with Crippen molar-refractivity contribution in [1.29, 1.82) is 0 Å². The molecule has 1 aromatic rings. The molecule has 0 aromatic carbocycles. The monoisotopic (exact) mass is 249 g/mol. The standard InChI is InChI=1S/C13H19N3O2/c1-14-10-3-5-11(6-4-10)16-13(18)9-2-7-12(17)15-8-9/h2,7-8,10-11,14H,3-6H2,1H3,(H,15,17)(H,16,18). The third-order valence-electron chi connectivity index (χ3n) is 3.52. The number of carbonyl (C=O) groups is 1. The molecule has 3 N–H and O–H groups in total. The van der Waals surface area contributed by atoms with Crippen LogP contribution in [0.4, 0.5) is 0 Å². The van der Waals surface area contributed by atoms with Crippen molar-refractivity contribution in [1.82, 2.24) is 15.6 Å². The van der Waals surface area contributed by atoms with Gasteiger partial charge in [0.05, 0.1) is 5.56 Å². The Morgan fingerprint density at radius 2 is 1.89 bits per heavy atom. The molecule has 1 saturated carbocycles. The van der Waals surface area contributed by atoms with Crippen molar-refractivity contribution >= 4 is 5.91 Å². The molecular weight excluding hydrogens is 230 g/mol. The fourth-order valence-electron chi connectivity index (χ4n) is 2.35. The van der Waals surface area contributed by atoms with Crippen molar-refractivity contribution in [2.24, 2.45) is 0 Å². The van der Waals surface area contributed by atoms with Crippen LogP contribution < -0.4 is 16.2 Å². The third kappa shape index (κ3) is 3.20. The van der Waals surface area contributed by atoms with E-state index in [1.54, 1.807) is 6.07 Å². The lowest BCUT2D eigenvalue weighted by Crippen LogP contribution is -2.41. The maximum atomic E-state index is 11.9. The summed E-state index contributed by atoms with van der Waals surface area (Å²) >= 11 is 0. The van der Waals surface area contributed by atoms with Gasteiger partial charge >= 0.3 is 0 Å². The summed E-state index contributed by atoms with van der Waals surface area (Å²) in [4.78, 5) is 25.3. The lowest BCUT2D eigenvalue weighted by molar-refractivity contribution is 0.0924. The van der Waals surface area contributed by atoms with E-state index in [4.69, 9.17) is 0 Å². The van der Waals surface area contributed by atoms with Gasteiger partial charge in [0, 0.05) is 24.3 Å². The molecule has 98 valence electrons. The van der Waals surface area contributed by atoms with Crippen LogP contribution in [0.15, 0.2) is 23.1 Å². The van der Waals surface area contributed by atoms with E-state index in [1.165, 1.54) is 12.3 Å². The summed E-state index contributed by atoms with van der Waals surface area (Å²) in [7, 11) is 1.98. The predicted molar refractivity (Wildman–Crippen MR) is 69.6 cm³/mol. The second kappa shape index (κ2) is 5.82. The number of aromatic amines is 1. The molecule has 5 nitrogen and oxygen atoms in total. The molecule has 1 aliphatic rings. The average Bonchev–Trinajstić information content (AvgIpc) is 2.40. The zero-order chi connectivity index (χ0) is 13.0. The van der Waals surface area contributed by atoms with Gasteiger partial charge in [0.15, 0.2) is 0 Å². The maximum absolute atomic E-state index is 11.9. The normalized spacial score (nSPS) is 23.6. The molecule has 1 aromatic heterocycles. The Morgan fingerprint density at radius 1 is 1.22 bits per heavy atom. The van der Waals surface area contributed by atoms with Crippen LogP contribution in [0.5, 0.6) is 0 Å². The molecule has 1 heterocycles. The van der Waals surface area contributed by atoms with Crippen LogP contribution in [0, 0.1) is 0 Å². The zero-order valence-corrected chi connectivity index (χ0v) is 10.5. The van der Waals surface area contributed by atoms with Gasteiger partial charge in [-0.15, -0.1) is 0 Å². The van der Waals surface area contributed by atoms with Gasteiger partial charge in [0.1, 0.15) is 0 Å². The highest BCUT2D eigenvalue weighted by Gasteiger charge is 2.21. The van der Waals surface area contributed by atoms with Crippen molar-refractivity contribution in [3.63, 3.8) is 0 Å². The lowest BCUT2D eigenvalue weighted by Gasteiger charge is -2.28. The van der Waals surface area contributed by atoms with Crippen molar-refractivity contribution in [2.75, 3.05) is 7.05 Å². The van der Waals surface area contributed by atoms with E-state index in [1.807, 2.05) is 7.05 Å². The van der Waals surface area contributed by atoms with Crippen LogP contribution in [0.1, 0.15) is 36.0 Å². The molecule has 0 saturated heterocycles. The number of hydrogen-bond donors (Lipinski definition) is 3. The van der Waals surface area contributed by atoms with Crippen molar-refractivity contribution in [2.45, 2.75) is 37.8 Å². The highest BCUT2D eigenvalue weighted by Crippen LogP contribution is 2.18. The largest absolute Gasteiger partial charge is 0.349 e. The summed E-state index contributed by atoms with van der Waals surface area (Å²) in [5, 5.41) is 6.27. The van der Waals surface area contributed by atoms with Gasteiger partial charge in [-0.2, -0.15) is 0 Å². The number of rotatable bonds is 3. The number of H-pyrrole nitrogens is 1. The molecule has 0 unspecified atom stereocenters. The summed E-state index contributed by atoms with van der Waals surface area (Å²) in [6.07, 6.45) is 5.64. The minimum atomic E-state index is -0.193. The maximum Gasteiger partial charge on any atom is 0.252 e. The zero-order valence-electron chi connectivity index (χ0n) is 10.5. The predicted octanol–water partition coefficient (Wildman–Crippen LogP) is 0.635. The molecule has 18 heavy (non-hydrogen) atoms. The number of aromatic nitrogens is 1. The molecule has 0 spiro atoms. The van der Waals surface area contributed by atoms with E-state index in [0.29, 0.717) is 11.6 Å². The van der Waals surface area contributed by atoms with Gasteiger partial charge < -0.3 is 15.6 Å². The molecular formula is C13H19N3O2. The Hall–Kier alpha value is -1.62. The van der Waals surface area contributed by atoms with Crippen LogP contribution in [-0.2, 0) is 0 Å². The average molecular weight is 249 g/mol. The lowest BCUT2D eigenvalue weighted by atomic mass is 9.91. The summed E-state index contributed by atoms with van der Waals surface area (Å²) in [6.45, 7) is 0. The number of carbonyl (C=O) groups excluding carboxylic acids is 1. The highest BCUT2D eigenvalue weighted by molar-refractivity contribution is 5.93. The minimum absolute atomic E-state index is 0.112.